The molecule has 1 aliphatic rings. The summed E-state index contributed by atoms with van der Waals surface area (Å²) in [6.45, 7) is 5.73. The van der Waals surface area contributed by atoms with Gasteiger partial charge in [0.2, 0.25) is 17.7 Å². The molecule has 7 heteroatoms. The first-order valence-corrected chi connectivity index (χ1v) is 8.38. The molecule has 2 N–H and O–H groups in total. The van der Waals surface area contributed by atoms with Gasteiger partial charge < -0.3 is 15.2 Å². The lowest BCUT2D eigenvalue weighted by Crippen LogP contribution is -2.34. The highest BCUT2D eigenvalue weighted by molar-refractivity contribution is 5.83. The number of amides is 2. The molecule has 7 nitrogen and oxygen atoms in total. The van der Waals surface area contributed by atoms with Crippen molar-refractivity contribution in [1.29, 1.82) is 0 Å². The van der Waals surface area contributed by atoms with Crippen molar-refractivity contribution in [1.82, 2.24) is 20.8 Å². The van der Waals surface area contributed by atoms with Gasteiger partial charge in [0.25, 0.3) is 0 Å². The van der Waals surface area contributed by atoms with Gasteiger partial charge in [0.1, 0.15) is 6.04 Å². The van der Waals surface area contributed by atoms with E-state index in [1.165, 1.54) is 12.8 Å². The molecule has 1 heterocycles. The molecule has 1 aromatic heterocycles. The standard InChI is InChI=1S/C16H26N4O3/c1-10(2)15-19-16(23-20-15)11(3)17-13(21)8-9-14(22)18-12-6-4-5-7-12/h10-12H,4-9H2,1-3H3,(H,17,21)(H,18,22)/t11-/m0/s1. The largest absolute Gasteiger partial charge is 0.353 e. The summed E-state index contributed by atoms with van der Waals surface area (Å²) in [5.41, 5.74) is 0. The Kier molecular flexibility index (Phi) is 6.12. The van der Waals surface area contributed by atoms with E-state index in [2.05, 4.69) is 20.8 Å². The summed E-state index contributed by atoms with van der Waals surface area (Å²) in [6.07, 6.45) is 4.80. The summed E-state index contributed by atoms with van der Waals surface area (Å²) in [4.78, 5) is 28.0. The average Bonchev–Trinajstić information content (AvgIpc) is 3.16. The molecule has 1 fully saturated rings. The number of nitrogens with zero attached hydrogens (tertiary/aromatic N) is 2. The third-order valence-corrected chi connectivity index (χ3v) is 4.02. The lowest BCUT2D eigenvalue weighted by molar-refractivity contribution is -0.127. The number of aromatic nitrogens is 2. The molecule has 1 aliphatic carbocycles. The maximum absolute atomic E-state index is 11.9. The second-order valence-corrected chi connectivity index (χ2v) is 6.48. The van der Waals surface area contributed by atoms with E-state index in [0.717, 1.165) is 12.8 Å². The van der Waals surface area contributed by atoms with Crippen LogP contribution in [0.1, 0.15) is 83.0 Å². The van der Waals surface area contributed by atoms with Crippen molar-refractivity contribution < 1.29 is 14.1 Å². The third kappa shape index (κ3) is 5.33. The van der Waals surface area contributed by atoms with E-state index in [1.807, 2.05) is 13.8 Å². The van der Waals surface area contributed by atoms with Crippen LogP contribution < -0.4 is 10.6 Å². The maximum Gasteiger partial charge on any atom is 0.248 e. The summed E-state index contributed by atoms with van der Waals surface area (Å²) in [5.74, 6) is 0.937. The zero-order valence-corrected chi connectivity index (χ0v) is 14.1. The van der Waals surface area contributed by atoms with Crippen molar-refractivity contribution in [2.24, 2.45) is 0 Å². The van der Waals surface area contributed by atoms with Crippen molar-refractivity contribution >= 4 is 11.8 Å². The molecule has 2 rings (SSSR count). The first-order chi connectivity index (χ1) is 11.0. The molecule has 1 aromatic rings. The van der Waals surface area contributed by atoms with E-state index in [0.29, 0.717) is 11.7 Å². The monoisotopic (exact) mass is 322 g/mol. The number of hydrogen-bond acceptors (Lipinski definition) is 5. The van der Waals surface area contributed by atoms with Gasteiger partial charge in [-0.1, -0.05) is 31.8 Å². The summed E-state index contributed by atoms with van der Waals surface area (Å²) in [5, 5.41) is 9.63. The fraction of sp³-hybridized carbons (Fsp3) is 0.750. The molecule has 0 saturated heterocycles. The molecule has 23 heavy (non-hydrogen) atoms. The number of nitrogens with one attached hydrogen (secondary N) is 2. The first-order valence-electron chi connectivity index (χ1n) is 8.38. The van der Waals surface area contributed by atoms with Crippen molar-refractivity contribution in [2.45, 2.75) is 77.3 Å². The fourth-order valence-corrected chi connectivity index (χ4v) is 2.63. The van der Waals surface area contributed by atoms with Crippen molar-refractivity contribution in [2.75, 3.05) is 0 Å². The molecular formula is C16H26N4O3. The van der Waals surface area contributed by atoms with E-state index in [-0.39, 0.29) is 42.7 Å². The summed E-state index contributed by atoms with van der Waals surface area (Å²) < 4.78 is 5.15. The summed E-state index contributed by atoms with van der Waals surface area (Å²) >= 11 is 0. The van der Waals surface area contributed by atoms with Crippen LogP contribution in [0, 0.1) is 0 Å². The van der Waals surface area contributed by atoms with Gasteiger partial charge >= 0.3 is 0 Å². The van der Waals surface area contributed by atoms with Crippen LogP contribution in [-0.4, -0.2) is 28.0 Å². The number of carbonyl (C=O) groups is 2. The second-order valence-electron chi connectivity index (χ2n) is 6.48. The molecule has 0 aromatic carbocycles. The van der Waals surface area contributed by atoms with Gasteiger partial charge in [-0.25, -0.2) is 0 Å². The van der Waals surface area contributed by atoms with Crippen LogP contribution in [0.5, 0.6) is 0 Å². The van der Waals surface area contributed by atoms with Crippen LogP contribution in [0.25, 0.3) is 0 Å². The molecule has 2 amide bonds. The molecule has 0 aliphatic heterocycles. The summed E-state index contributed by atoms with van der Waals surface area (Å²) in [6, 6.07) is -0.0716. The average molecular weight is 322 g/mol. The van der Waals surface area contributed by atoms with E-state index >= 15 is 0 Å². The number of carbonyl (C=O) groups excluding carboxylic acids is 2. The van der Waals surface area contributed by atoms with Crippen LogP contribution in [0.4, 0.5) is 0 Å². The van der Waals surface area contributed by atoms with Gasteiger partial charge in [-0.05, 0) is 19.8 Å². The molecule has 0 spiro atoms. The van der Waals surface area contributed by atoms with Crippen LogP contribution in [0.2, 0.25) is 0 Å². The predicted octanol–water partition coefficient (Wildman–Crippen LogP) is 2.21. The van der Waals surface area contributed by atoms with Crippen LogP contribution in [-0.2, 0) is 9.59 Å². The first kappa shape index (κ1) is 17.4. The Morgan fingerprint density at radius 3 is 2.43 bits per heavy atom. The van der Waals surface area contributed by atoms with Crippen LogP contribution in [0.3, 0.4) is 0 Å². The van der Waals surface area contributed by atoms with E-state index in [4.69, 9.17) is 4.52 Å². The highest BCUT2D eigenvalue weighted by Crippen LogP contribution is 2.18. The Labute approximate surface area is 136 Å². The van der Waals surface area contributed by atoms with E-state index in [9.17, 15) is 9.59 Å². The fourth-order valence-electron chi connectivity index (χ4n) is 2.63. The smallest absolute Gasteiger partial charge is 0.248 e. The van der Waals surface area contributed by atoms with E-state index in [1.54, 1.807) is 6.92 Å². The number of hydrogen-bond donors (Lipinski definition) is 2. The minimum atomic E-state index is -0.361. The molecular weight excluding hydrogens is 296 g/mol. The Balaban J connectivity index is 1.71. The summed E-state index contributed by atoms with van der Waals surface area (Å²) in [7, 11) is 0. The highest BCUT2D eigenvalue weighted by atomic mass is 16.5. The zero-order chi connectivity index (χ0) is 16.8. The van der Waals surface area contributed by atoms with Gasteiger partial charge in [0.15, 0.2) is 5.82 Å². The van der Waals surface area contributed by atoms with Gasteiger partial charge in [-0.15, -0.1) is 0 Å². The normalized spacial score (nSPS) is 16.5. The van der Waals surface area contributed by atoms with Gasteiger partial charge in [0, 0.05) is 24.8 Å². The molecule has 1 saturated carbocycles. The lowest BCUT2D eigenvalue weighted by Gasteiger charge is -2.12. The molecule has 1 atom stereocenters. The van der Waals surface area contributed by atoms with Crippen LogP contribution >= 0.6 is 0 Å². The quantitative estimate of drug-likeness (QED) is 0.802. The van der Waals surface area contributed by atoms with Gasteiger partial charge in [-0.2, -0.15) is 4.98 Å². The predicted molar refractivity (Wildman–Crippen MR) is 84.6 cm³/mol. The molecule has 0 bridgehead atoms. The van der Waals surface area contributed by atoms with Crippen molar-refractivity contribution in [3.8, 4) is 0 Å². The second kappa shape index (κ2) is 8.08. The third-order valence-electron chi connectivity index (χ3n) is 4.02. The van der Waals surface area contributed by atoms with Crippen molar-refractivity contribution in [3.63, 3.8) is 0 Å². The zero-order valence-electron chi connectivity index (χ0n) is 14.1. The highest BCUT2D eigenvalue weighted by Gasteiger charge is 2.20. The SMILES string of the molecule is CC(C)c1noc([C@H](C)NC(=O)CCC(=O)NC2CCCC2)n1. The Bertz CT molecular complexity index is 535. The van der Waals surface area contributed by atoms with Crippen molar-refractivity contribution in [3.05, 3.63) is 11.7 Å². The van der Waals surface area contributed by atoms with Gasteiger partial charge in [0.05, 0.1) is 0 Å². The Hall–Kier alpha value is -1.92. The molecule has 0 unspecified atom stereocenters. The maximum atomic E-state index is 11.9. The molecule has 0 radical (unpaired) electrons. The Morgan fingerprint density at radius 1 is 1.17 bits per heavy atom. The topological polar surface area (TPSA) is 97.1 Å². The lowest BCUT2D eigenvalue weighted by atomic mass is 10.2. The van der Waals surface area contributed by atoms with Crippen LogP contribution in [0.15, 0.2) is 4.52 Å². The minimum Gasteiger partial charge on any atom is -0.353 e. The minimum absolute atomic E-state index is 0.0559. The Morgan fingerprint density at radius 2 is 1.83 bits per heavy atom. The van der Waals surface area contributed by atoms with E-state index < -0.39 is 0 Å². The molecule has 128 valence electrons. The van der Waals surface area contributed by atoms with Gasteiger partial charge in [-0.3, -0.25) is 9.59 Å². The number of rotatable bonds is 7.